The summed E-state index contributed by atoms with van der Waals surface area (Å²) >= 11 is 0. The molecule has 0 saturated carbocycles. The van der Waals surface area contributed by atoms with Crippen molar-refractivity contribution >= 4 is 23.4 Å². The number of piperidine rings is 1. The number of benzene rings is 1. The largest absolute Gasteiger partial charge is 0.433 e. The fraction of sp³-hybridized carbons (Fsp3) is 0.346. The molecule has 2 aromatic heterocycles. The van der Waals surface area contributed by atoms with E-state index in [9.17, 15) is 26.7 Å². The minimum atomic E-state index is -4.63. The number of para-hydroxylation sites is 1. The molecule has 1 fully saturated rings. The number of hydrogen-bond acceptors (Lipinski definition) is 7. The van der Waals surface area contributed by atoms with Crippen molar-refractivity contribution in [3.8, 4) is 5.75 Å². The fourth-order valence-electron chi connectivity index (χ4n) is 4.18. The second-order valence-electron chi connectivity index (χ2n) is 8.95. The molecule has 0 aliphatic carbocycles. The van der Waals surface area contributed by atoms with Gasteiger partial charge in [0.15, 0.2) is 5.75 Å². The average Bonchev–Trinajstić information content (AvgIpc) is 2.93. The van der Waals surface area contributed by atoms with E-state index in [4.69, 9.17) is 4.84 Å². The number of nitrogens with zero attached hydrogens (tertiary/aromatic N) is 5. The van der Waals surface area contributed by atoms with Gasteiger partial charge in [-0.2, -0.15) is 13.2 Å². The normalized spacial score (nSPS) is 14.7. The van der Waals surface area contributed by atoms with Gasteiger partial charge >= 0.3 is 12.2 Å². The predicted molar refractivity (Wildman–Crippen MR) is 137 cm³/mol. The van der Waals surface area contributed by atoms with E-state index in [2.05, 4.69) is 30.7 Å². The zero-order valence-electron chi connectivity index (χ0n) is 21.6. The van der Waals surface area contributed by atoms with E-state index in [1.165, 1.54) is 17.0 Å². The number of oxime groups is 1. The Morgan fingerprint density at radius 1 is 1.15 bits per heavy atom. The van der Waals surface area contributed by atoms with Gasteiger partial charge in [-0.05, 0) is 38.8 Å². The number of hydrogen-bond donors (Lipinski definition) is 2. The summed E-state index contributed by atoms with van der Waals surface area (Å²) in [6, 6.07) is 4.70. The zero-order valence-corrected chi connectivity index (χ0v) is 21.6. The second kappa shape index (κ2) is 12.2. The van der Waals surface area contributed by atoms with Gasteiger partial charge in [0, 0.05) is 55.6 Å². The summed E-state index contributed by atoms with van der Waals surface area (Å²) in [7, 11) is 0. The Balaban J connectivity index is 1.50. The van der Waals surface area contributed by atoms with Crippen molar-refractivity contribution < 1.29 is 31.6 Å². The molecule has 0 spiro atoms. The number of pyridine rings is 1. The minimum Gasteiger partial charge on any atom is -0.357 e. The number of amides is 2. The third-order valence-electron chi connectivity index (χ3n) is 6.22. The highest BCUT2D eigenvalue weighted by molar-refractivity contribution is 5.99. The molecule has 1 saturated heterocycles. The summed E-state index contributed by atoms with van der Waals surface area (Å²) in [4.78, 5) is 31.6. The standard InChI is InChI=1S/C26H26F5N7O2/c1-3-32-24-34-14-18(15(2)37-40-17-7-10-33-21(13-17)26(29,30)31)22(35-24)16-8-11-38(12-9-16)25(39)36-23-19(27)5-4-6-20(23)28/h4-7,10,13-14,16H,3,8-9,11-12H2,1-2H3,(H,36,39)(H,32,34,35). The SMILES string of the molecule is CCNc1ncc(C(C)=NOc2ccnc(C(F)(F)F)c2)c(C2CCN(C(=O)Nc3c(F)cccc3F)CC2)n1. The van der Waals surface area contributed by atoms with Gasteiger partial charge in [0.1, 0.15) is 23.0 Å². The first-order chi connectivity index (χ1) is 19.1. The lowest BCUT2D eigenvalue weighted by atomic mass is 9.90. The van der Waals surface area contributed by atoms with Crippen molar-refractivity contribution in [2.24, 2.45) is 5.16 Å². The number of carbonyl (C=O) groups excluding carboxylic acids is 1. The summed E-state index contributed by atoms with van der Waals surface area (Å²) in [5, 5.41) is 9.34. The van der Waals surface area contributed by atoms with Gasteiger partial charge in [0.2, 0.25) is 5.95 Å². The maximum atomic E-state index is 14.0. The lowest BCUT2D eigenvalue weighted by Crippen LogP contribution is -2.41. The minimum absolute atomic E-state index is 0.132. The van der Waals surface area contributed by atoms with Crippen molar-refractivity contribution in [2.45, 2.75) is 38.8 Å². The molecule has 1 aliphatic heterocycles. The number of anilines is 2. The molecule has 3 heterocycles. The lowest BCUT2D eigenvalue weighted by molar-refractivity contribution is -0.141. The average molecular weight is 564 g/mol. The number of urea groups is 1. The molecule has 4 rings (SSSR count). The van der Waals surface area contributed by atoms with E-state index in [1.807, 2.05) is 6.92 Å². The summed E-state index contributed by atoms with van der Waals surface area (Å²) in [5.74, 6) is -1.63. The first kappa shape index (κ1) is 28.6. The summed E-state index contributed by atoms with van der Waals surface area (Å²) in [5.41, 5.74) is -0.125. The van der Waals surface area contributed by atoms with E-state index in [1.54, 1.807) is 13.1 Å². The highest BCUT2D eigenvalue weighted by atomic mass is 19.4. The molecule has 0 unspecified atom stereocenters. The van der Waals surface area contributed by atoms with Gasteiger partial charge < -0.3 is 20.4 Å². The van der Waals surface area contributed by atoms with Gasteiger partial charge in [0.05, 0.1) is 11.4 Å². The van der Waals surface area contributed by atoms with Gasteiger partial charge in [-0.25, -0.2) is 23.5 Å². The number of aromatic nitrogens is 3. The van der Waals surface area contributed by atoms with Crippen LogP contribution in [-0.4, -0.2) is 51.2 Å². The van der Waals surface area contributed by atoms with Crippen molar-refractivity contribution in [3.05, 3.63) is 71.3 Å². The molecule has 0 bridgehead atoms. The van der Waals surface area contributed by atoms with Crippen LogP contribution in [0.4, 0.5) is 38.4 Å². The van der Waals surface area contributed by atoms with Crippen LogP contribution < -0.4 is 15.5 Å². The molecule has 40 heavy (non-hydrogen) atoms. The summed E-state index contributed by atoms with van der Waals surface area (Å²) in [6.45, 7) is 4.65. The van der Waals surface area contributed by atoms with Crippen LogP contribution in [0.15, 0.2) is 47.9 Å². The summed E-state index contributed by atoms with van der Waals surface area (Å²) in [6.07, 6.45) is -1.13. The van der Waals surface area contributed by atoms with Crippen LogP contribution in [0.3, 0.4) is 0 Å². The Morgan fingerprint density at radius 2 is 1.85 bits per heavy atom. The number of halogens is 5. The maximum Gasteiger partial charge on any atom is 0.433 e. The van der Waals surface area contributed by atoms with Crippen LogP contribution >= 0.6 is 0 Å². The smallest absolute Gasteiger partial charge is 0.357 e. The van der Waals surface area contributed by atoms with Crippen LogP contribution in [0.5, 0.6) is 5.75 Å². The van der Waals surface area contributed by atoms with E-state index in [0.29, 0.717) is 42.3 Å². The van der Waals surface area contributed by atoms with Crippen LogP contribution in [0.25, 0.3) is 0 Å². The van der Waals surface area contributed by atoms with Gasteiger partial charge in [-0.1, -0.05) is 11.2 Å². The first-order valence-electron chi connectivity index (χ1n) is 12.4. The van der Waals surface area contributed by atoms with Crippen molar-refractivity contribution in [2.75, 3.05) is 30.3 Å². The Labute approximate surface area is 226 Å². The van der Waals surface area contributed by atoms with E-state index in [0.717, 1.165) is 24.4 Å². The van der Waals surface area contributed by atoms with Gasteiger partial charge in [-0.15, -0.1) is 0 Å². The van der Waals surface area contributed by atoms with Crippen molar-refractivity contribution in [3.63, 3.8) is 0 Å². The Hall–Kier alpha value is -4.36. The monoisotopic (exact) mass is 563 g/mol. The Bertz CT molecular complexity index is 1370. The Kier molecular flexibility index (Phi) is 8.75. The van der Waals surface area contributed by atoms with E-state index < -0.39 is 35.2 Å². The molecule has 0 radical (unpaired) electrons. The molecule has 0 atom stereocenters. The fourth-order valence-corrected chi connectivity index (χ4v) is 4.18. The van der Waals surface area contributed by atoms with Gasteiger partial charge in [-0.3, -0.25) is 4.98 Å². The number of alkyl halides is 3. The highest BCUT2D eigenvalue weighted by Gasteiger charge is 2.33. The second-order valence-corrected chi connectivity index (χ2v) is 8.95. The zero-order chi connectivity index (χ0) is 28.9. The number of rotatable bonds is 7. The van der Waals surface area contributed by atoms with E-state index >= 15 is 0 Å². The first-order valence-corrected chi connectivity index (χ1v) is 12.4. The van der Waals surface area contributed by atoms with Gasteiger partial charge in [0.25, 0.3) is 0 Å². The number of nitrogens with one attached hydrogen (secondary N) is 2. The van der Waals surface area contributed by atoms with E-state index in [-0.39, 0.29) is 24.8 Å². The van der Waals surface area contributed by atoms with Crippen LogP contribution in [0, 0.1) is 11.6 Å². The molecule has 3 aromatic rings. The van der Waals surface area contributed by atoms with Crippen molar-refractivity contribution in [1.82, 2.24) is 19.9 Å². The summed E-state index contributed by atoms with van der Waals surface area (Å²) < 4.78 is 66.8. The molecule has 1 aromatic carbocycles. The molecule has 212 valence electrons. The molecular formula is C26H26F5N7O2. The van der Waals surface area contributed by atoms with Crippen molar-refractivity contribution in [1.29, 1.82) is 0 Å². The van der Waals surface area contributed by atoms with Crippen LogP contribution in [-0.2, 0) is 6.18 Å². The third kappa shape index (κ3) is 6.79. The third-order valence-corrected chi connectivity index (χ3v) is 6.22. The van der Waals surface area contributed by atoms with Crippen LogP contribution in [0.1, 0.15) is 49.6 Å². The highest BCUT2D eigenvalue weighted by Crippen LogP contribution is 2.32. The topological polar surface area (TPSA) is 105 Å². The molecule has 14 heteroatoms. The molecule has 2 N–H and O–H groups in total. The molecular weight excluding hydrogens is 537 g/mol. The predicted octanol–water partition coefficient (Wildman–Crippen LogP) is 5.81. The Morgan fingerprint density at radius 3 is 2.50 bits per heavy atom. The van der Waals surface area contributed by atoms with Crippen LogP contribution in [0.2, 0.25) is 0 Å². The number of carbonyl (C=O) groups is 1. The molecule has 9 nitrogen and oxygen atoms in total. The lowest BCUT2D eigenvalue weighted by Gasteiger charge is -2.32. The number of likely N-dealkylation sites (tertiary alicyclic amines) is 1. The quantitative estimate of drug-likeness (QED) is 0.214. The molecule has 2 amide bonds. The maximum absolute atomic E-state index is 14.0. The molecule has 1 aliphatic rings.